The highest BCUT2D eigenvalue weighted by Gasteiger charge is 2.27. The van der Waals surface area contributed by atoms with Gasteiger partial charge in [0.15, 0.2) is 0 Å². The zero-order valence-electron chi connectivity index (χ0n) is 9.86. The standard InChI is InChI=1S/C12H16N4S/c1-12(3-5-13-6-4-12)16-10-9-2-7-17-11(9)15-8-14-10/h2,7-8,13H,3-6H2,1H3,(H,14,15,16). The molecule has 0 amide bonds. The number of piperidine rings is 1. The maximum atomic E-state index is 4.38. The van der Waals surface area contributed by atoms with Gasteiger partial charge in [-0.25, -0.2) is 9.97 Å². The monoisotopic (exact) mass is 248 g/mol. The SMILES string of the molecule is CC1(Nc2ncnc3sccc23)CCNCC1. The summed E-state index contributed by atoms with van der Waals surface area (Å²) in [5.74, 6) is 0.973. The average Bonchev–Trinajstić information content (AvgIpc) is 2.79. The van der Waals surface area contributed by atoms with Crippen molar-refractivity contribution >= 4 is 27.4 Å². The van der Waals surface area contributed by atoms with Crippen molar-refractivity contribution < 1.29 is 0 Å². The molecule has 0 spiro atoms. The molecule has 90 valence electrons. The second-order valence-electron chi connectivity index (χ2n) is 4.80. The molecule has 0 aliphatic carbocycles. The minimum absolute atomic E-state index is 0.147. The van der Waals surface area contributed by atoms with Gasteiger partial charge in [-0.15, -0.1) is 11.3 Å². The van der Waals surface area contributed by atoms with Gasteiger partial charge in [-0.2, -0.15) is 0 Å². The van der Waals surface area contributed by atoms with E-state index in [0.717, 1.165) is 42.0 Å². The van der Waals surface area contributed by atoms with E-state index in [0.29, 0.717) is 0 Å². The van der Waals surface area contributed by atoms with Crippen LogP contribution in [0.4, 0.5) is 5.82 Å². The molecule has 1 aliphatic heterocycles. The van der Waals surface area contributed by atoms with Gasteiger partial charge in [-0.1, -0.05) is 0 Å². The topological polar surface area (TPSA) is 49.8 Å². The van der Waals surface area contributed by atoms with Crippen molar-refractivity contribution in [3.63, 3.8) is 0 Å². The molecular formula is C12H16N4S. The van der Waals surface area contributed by atoms with Gasteiger partial charge in [0.25, 0.3) is 0 Å². The van der Waals surface area contributed by atoms with Gasteiger partial charge in [0, 0.05) is 5.54 Å². The van der Waals surface area contributed by atoms with E-state index in [1.54, 1.807) is 17.7 Å². The van der Waals surface area contributed by atoms with Gasteiger partial charge < -0.3 is 10.6 Å². The Morgan fingerprint density at radius 2 is 2.18 bits per heavy atom. The molecule has 1 fully saturated rings. The number of hydrogen-bond acceptors (Lipinski definition) is 5. The van der Waals surface area contributed by atoms with Gasteiger partial charge in [-0.3, -0.25) is 0 Å². The second-order valence-corrected chi connectivity index (χ2v) is 5.69. The number of aromatic nitrogens is 2. The van der Waals surface area contributed by atoms with E-state index in [1.165, 1.54) is 0 Å². The normalized spacial score (nSPS) is 19.4. The number of thiophene rings is 1. The molecule has 0 unspecified atom stereocenters. The lowest BCUT2D eigenvalue weighted by molar-refractivity contribution is 0.364. The van der Waals surface area contributed by atoms with Gasteiger partial charge in [-0.05, 0) is 44.3 Å². The zero-order valence-corrected chi connectivity index (χ0v) is 10.7. The molecule has 0 bridgehead atoms. The van der Waals surface area contributed by atoms with Crippen molar-refractivity contribution in [2.24, 2.45) is 0 Å². The highest BCUT2D eigenvalue weighted by molar-refractivity contribution is 7.16. The van der Waals surface area contributed by atoms with Crippen molar-refractivity contribution in [1.29, 1.82) is 0 Å². The third-order valence-electron chi connectivity index (χ3n) is 3.39. The summed E-state index contributed by atoms with van der Waals surface area (Å²) < 4.78 is 0. The summed E-state index contributed by atoms with van der Waals surface area (Å²) >= 11 is 1.66. The molecular weight excluding hydrogens is 232 g/mol. The lowest BCUT2D eigenvalue weighted by Crippen LogP contribution is -2.45. The molecule has 0 atom stereocenters. The zero-order chi connectivity index (χ0) is 11.7. The van der Waals surface area contributed by atoms with Crippen LogP contribution in [0.15, 0.2) is 17.8 Å². The molecule has 1 aliphatic rings. The molecule has 5 heteroatoms. The van der Waals surface area contributed by atoms with Crippen LogP contribution in [0.1, 0.15) is 19.8 Å². The van der Waals surface area contributed by atoms with Gasteiger partial charge in [0.1, 0.15) is 17.0 Å². The number of nitrogens with one attached hydrogen (secondary N) is 2. The minimum Gasteiger partial charge on any atom is -0.364 e. The maximum absolute atomic E-state index is 4.38. The van der Waals surface area contributed by atoms with E-state index in [9.17, 15) is 0 Å². The van der Waals surface area contributed by atoms with Gasteiger partial charge >= 0.3 is 0 Å². The smallest absolute Gasteiger partial charge is 0.138 e. The summed E-state index contributed by atoms with van der Waals surface area (Å²) in [6.45, 7) is 4.41. The Kier molecular flexibility index (Phi) is 2.72. The summed E-state index contributed by atoms with van der Waals surface area (Å²) in [6.07, 6.45) is 3.90. The van der Waals surface area contributed by atoms with Crippen LogP contribution >= 0.6 is 11.3 Å². The molecule has 0 radical (unpaired) electrons. The van der Waals surface area contributed by atoms with Crippen LogP contribution in [-0.2, 0) is 0 Å². The Labute approximate surface area is 104 Å². The fourth-order valence-corrected chi connectivity index (χ4v) is 3.01. The van der Waals surface area contributed by atoms with Crippen molar-refractivity contribution in [2.45, 2.75) is 25.3 Å². The number of fused-ring (bicyclic) bond motifs is 1. The molecule has 3 rings (SSSR count). The van der Waals surface area contributed by atoms with Crippen LogP contribution in [0.25, 0.3) is 10.2 Å². The highest BCUT2D eigenvalue weighted by atomic mass is 32.1. The molecule has 2 aromatic rings. The Balaban J connectivity index is 1.91. The first kappa shape index (κ1) is 10.9. The van der Waals surface area contributed by atoms with Gasteiger partial charge in [0.05, 0.1) is 5.39 Å². The third-order valence-corrected chi connectivity index (χ3v) is 4.21. The minimum atomic E-state index is 0.147. The van der Waals surface area contributed by atoms with E-state index in [1.807, 2.05) is 0 Å². The molecule has 0 aromatic carbocycles. The highest BCUT2D eigenvalue weighted by Crippen LogP contribution is 2.28. The summed E-state index contributed by atoms with van der Waals surface area (Å²) in [7, 11) is 0. The van der Waals surface area contributed by atoms with Crippen LogP contribution in [0, 0.1) is 0 Å². The number of anilines is 1. The molecule has 0 saturated carbocycles. The quantitative estimate of drug-likeness (QED) is 0.856. The molecule has 2 N–H and O–H groups in total. The first-order valence-corrected chi connectivity index (χ1v) is 6.82. The van der Waals surface area contributed by atoms with Crippen LogP contribution in [0.5, 0.6) is 0 Å². The molecule has 3 heterocycles. The van der Waals surface area contributed by atoms with E-state index in [4.69, 9.17) is 0 Å². The first-order valence-electron chi connectivity index (χ1n) is 5.94. The summed E-state index contributed by atoms with van der Waals surface area (Å²) in [4.78, 5) is 9.71. The van der Waals surface area contributed by atoms with E-state index in [2.05, 4.69) is 39.0 Å². The van der Waals surface area contributed by atoms with E-state index in [-0.39, 0.29) is 5.54 Å². The Morgan fingerprint density at radius 1 is 1.35 bits per heavy atom. The van der Waals surface area contributed by atoms with Gasteiger partial charge in [0.2, 0.25) is 0 Å². The summed E-state index contributed by atoms with van der Waals surface area (Å²) in [6, 6.07) is 2.09. The Hall–Kier alpha value is -1.20. The molecule has 17 heavy (non-hydrogen) atoms. The van der Waals surface area contributed by atoms with Crippen LogP contribution in [0.3, 0.4) is 0 Å². The fraction of sp³-hybridized carbons (Fsp3) is 0.500. The average molecular weight is 248 g/mol. The molecule has 2 aromatic heterocycles. The summed E-state index contributed by atoms with van der Waals surface area (Å²) in [5, 5.41) is 10.2. The van der Waals surface area contributed by atoms with E-state index < -0.39 is 0 Å². The van der Waals surface area contributed by atoms with Crippen LogP contribution in [0.2, 0.25) is 0 Å². The molecule has 4 nitrogen and oxygen atoms in total. The Morgan fingerprint density at radius 3 is 3.00 bits per heavy atom. The maximum Gasteiger partial charge on any atom is 0.138 e. The summed E-state index contributed by atoms with van der Waals surface area (Å²) in [5.41, 5.74) is 0.147. The third kappa shape index (κ3) is 2.12. The largest absolute Gasteiger partial charge is 0.364 e. The number of rotatable bonds is 2. The predicted octanol–water partition coefficient (Wildman–Crippen LogP) is 2.25. The number of hydrogen-bond donors (Lipinski definition) is 2. The molecule has 1 saturated heterocycles. The lowest BCUT2D eigenvalue weighted by Gasteiger charge is -2.35. The van der Waals surface area contributed by atoms with Crippen molar-refractivity contribution in [3.8, 4) is 0 Å². The fourth-order valence-electron chi connectivity index (χ4n) is 2.28. The van der Waals surface area contributed by atoms with E-state index >= 15 is 0 Å². The van der Waals surface area contributed by atoms with Crippen molar-refractivity contribution in [1.82, 2.24) is 15.3 Å². The first-order chi connectivity index (χ1) is 8.27. The predicted molar refractivity (Wildman–Crippen MR) is 71.5 cm³/mol. The van der Waals surface area contributed by atoms with Crippen molar-refractivity contribution in [2.75, 3.05) is 18.4 Å². The number of nitrogens with zero attached hydrogens (tertiary/aromatic N) is 2. The van der Waals surface area contributed by atoms with Crippen molar-refractivity contribution in [3.05, 3.63) is 17.8 Å². The second kappa shape index (κ2) is 4.23. The van der Waals surface area contributed by atoms with Crippen LogP contribution < -0.4 is 10.6 Å². The Bertz CT molecular complexity index is 516. The van der Waals surface area contributed by atoms with Crippen LogP contribution in [-0.4, -0.2) is 28.6 Å². The lowest BCUT2D eigenvalue weighted by atomic mass is 9.90.